The number of carbonyl (C=O) groups is 1. The van der Waals surface area contributed by atoms with Gasteiger partial charge in [0.25, 0.3) is 5.91 Å². The Morgan fingerprint density at radius 1 is 1.36 bits per heavy atom. The monoisotopic (exact) mass is 341 g/mol. The summed E-state index contributed by atoms with van der Waals surface area (Å²) in [6.45, 7) is 5.08. The van der Waals surface area contributed by atoms with Crippen LogP contribution >= 0.6 is 0 Å². The number of rotatable bonds is 3. The van der Waals surface area contributed by atoms with Crippen LogP contribution in [0.3, 0.4) is 0 Å². The lowest BCUT2D eigenvalue weighted by Crippen LogP contribution is -2.54. The molecule has 0 unspecified atom stereocenters. The van der Waals surface area contributed by atoms with Crippen LogP contribution in [0.25, 0.3) is 0 Å². The highest BCUT2D eigenvalue weighted by Crippen LogP contribution is 2.33. The van der Waals surface area contributed by atoms with Crippen LogP contribution in [-0.2, 0) is 4.74 Å². The maximum atomic E-state index is 13.0. The Labute approximate surface area is 147 Å². The maximum Gasteiger partial charge on any atom is 0.256 e. The van der Waals surface area contributed by atoms with E-state index in [4.69, 9.17) is 9.47 Å². The van der Waals surface area contributed by atoms with Gasteiger partial charge < -0.3 is 19.4 Å². The average molecular weight is 341 g/mol. The molecule has 25 heavy (non-hydrogen) atoms. The zero-order valence-corrected chi connectivity index (χ0v) is 14.6. The third kappa shape index (κ3) is 3.02. The van der Waals surface area contributed by atoms with Gasteiger partial charge in [0, 0.05) is 30.2 Å². The molecule has 6 heteroatoms. The third-order valence-corrected chi connectivity index (χ3v) is 5.09. The fraction of sp³-hybridized carbons (Fsp3) is 0.474. The second-order valence-corrected chi connectivity index (χ2v) is 6.79. The van der Waals surface area contributed by atoms with E-state index in [0.717, 1.165) is 29.8 Å². The number of H-pyrrole nitrogens is 1. The van der Waals surface area contributed by atoms with Crippen LogP contribution in [0.15, 0.2) is 30.5 Å². The number of nitrogens with one attached hydrogen (secondary N) is 1. The van der Waals surface area contributed by atoms with Crippen LogP contribution in [0, 0.1) is 13.8 Å². The van der Waals surface area contributed by atoms with E-state index >= 15 is 0 Å². The highest BCUT2D eigenvalue weighted by atomic mass is 16.5. The highest BCUT2D eigenvalue weighted by Gasteiger charge is 2.46. The number of carbonyl (C=O) groups excluding carboxylic acids is 1. The first-order valence-corrected chi connectivity index (χ1v) is 8.80. The number of aromatic nitrogens is 2. The first-order valence-electron chi connectivity index (χ1n) is 8.80. The van der Waals surface area contributed by atoms with E-state index in [1.165, 1.54) is 0 Å². The van der Waals surface area contributed by atoms with E-state index in [2.05, 4.69) is 9.97 Å². The van der Waals surface area contributed by atoms with Crippen molar-refractivity contribution >= 4 is 5.91 Å². The number of morpholine rings is 1. The molecule has 2 fully saturated rings. The quantitative estimate of drug-likeness (QED) is 0.931. The Morgan fingerprint density at radius 2 is 2.24 bits per heavy atom. The minimum absolute atomic E-state index is 0.0598. The molecule has 6 nitrogen and oxygen atoms in total. The van der Waals surface area contributed by atoms with Gasteiger partial charge in [0.15, 0.2) is 0 Å². The fourth-order valence-electron chi connectivity index (χ4n) is 3.97. The molecule has 0 bridgehead atoms. The minimum Gasteiger partial charge on any atom is -0.471 e. The number of amides is 1. The number of ether oxygens (including phenoxy) is 2. The molecule has 0 radical (unpaired) electrons. The predicted molar refractivity (Wildman–Crippen MR) is 92.7 cm³/mol. The second-order valence-electron chi connectivity index (χ2n) is 6.79. The molecule has 1 N–H and O–H groups in total. The second kappa shape index (κ2) is 6.52. The number of aryl methyl sites for hydroxylation is 2. The number of fused-ring (bicyclic) bond motifs is 1. The van der Waals surface area contributed by atoms with Gasteiger partial charge in [-0.3, -0.25) is 4.79 Å². The molecule has 1 aliphatic carbocycles. The van der Waals surface area contributed by atoms with Crippen LogP contribution in [0.2, 0.25) is 0 Å². The summed E-state index contributed by atoms with van der Waals surface area (Å²) >= 11 is 0. The molecular formula is C19H23N3O3. The van der Waals surface area contributed by atoms with Gasteiger partial charge >= 0.3 is 0 Å². The zero-order chi connectivity index (χ0) is 17.4. The fourth-order valence-corrected chi connectivity index (χ4v) is 3.97. The molecule has 1 saturated carbocycles. The van der Waals surface area contributed by atoms with Crippen LogP contribution in [-0.4, -0.2) is 52.2 Å². The summed E-state index contributed by atoms with van der Waals surface area (Å²) in [6, 6.07) is 7.61. The van der Waals surface area contributed by atoms with Crippen molar-refractivity contribution in [1.29, 1.82) is 0 Å². The van der Waals surface area contributed by atoms with Crippen molar-refractivity contribution in [3.05, 3.63) is 47.4 Å². The van der Waals surface area contributed by atoms with E-state index in [1.54, 1.807) is 6.20 Å². The molecule has 1 amide bonds. The molecule has 4 rings (SSSR count). The molecule has 2 aromatic rings. The van der Waals surface area contributed by atoms with E-state index in [-0.39, 0.29) is 24.2 Å². The van der Waals surface area contributed by atoms with E-state index in [0.29, 0.717) is 19.0 Å². The Kier molecular flexibility index (Phi) is 4.21. The van der Waals surface area contributed by atoms with Crippen molar-refractivity contribution in [2.24, 2.45) is 0 Å². The first-order chi connectivity index (χ1) is 12.1. The van der Waals surface area contributed by atoms with Crippen molar-refractivity contribution in [3.63, 3.8) is 0 Å². The van der Waals surface area contributed by atoms with Crippen molar-refractivity contribution in [3.8, 4) is 5.88 Å². The van der Waals surface area contributed by atoms with E-state index in [9.17, 15) is 4.79 Å². The van der Waals surface area contributed by atoms with Crippen LogP contribution in [0.1, 0.15) is 34.6 Å². The summed E-state index contributed by atoms with van der Waals surface area (Å²) in [5.74, 6) is 0.691. The lowest BCUT2D eigenvalue weighted by atomic mass is 10.1. The zero-order valence-electron chi connectivity index (χ0n) is 14.6. The topological polar surface area (TPSA) is 67.5 Å². The summed E-state index contributed by atoms with van der Waals surface area (Å²) in [5, 5.41) is 0. The van der Waals surface area contributed by atoms with Gasteiger partial charge in [-0.15, -0.1) is 0 Å². The number of hydrogen-bond donors (Lipinski definition) is 1. The van der Waals surface area contributed by atoms with Crippen molar-refractivity contribution in [1.82, 2.24) is 14.9 Å². The Bertz CT molecular complexity index is 759. The molecular weight excluding hydrogens is 318 g/mol. The van der Waals surface area contributed by atoms with Gasteiger partial charge in [-0.2, -0.15) is 0 Å². The van der Waals surface area contributed by atoms with Crippen molar-refractivity contribution in [2.75, 3.05) is 13.2 Å². The molecule has 0 spiro atoms. The molecule has 3 heterocycles. The number of aromatic amines is 1. The summed E-state index contributed by atoms with van der Waals surface area (Å²) in [5.41, 5.74) is 2.69. The Balaban J connectivity index is 1.51. The summed E-state index contributed by atoms with van der Waals surface area (Å²) in [4.78, 5) is 22.5. The van der Waals surface area contributed by atoms with Crippen LogP contribution in [0.5, 0.6) is 5.88 Å². The average Bonchev–Trinajstić information content (AvgIpc) is 3.18. The summed E-state index contributed by atoms with van der Waals surface area (Å²) in [7, 11) is 0. The Hall–Kier alpha value is -2.34. The molecule has 1 saturated heterocycles. The van der Waals surface area contributed by atoms with Crippen molar-refractivity contribution in [2.45, 2.75) is 44.9 Å². The van der Waals surface area contributed by atoms with Crippen LogP contribution < -0.4 is 4.74 Å². The predicted octanol–water partition coefficient (Wildman–Crippen LogP) is 2.48. The molecule has 0 aromatic carbocycles. The van der Waals surface area contributed by atoms with Gasteiger partial charge in [0.05, 0.1) is 18.2 Å². The smallest absolute Gasteiger partial charge is 0.256 e. The lowest BCUT2D eigenvalue weighted by molar-refractivity contribution is -0.0793. The Morgan fingerprint density at radius 3 is 2.96 bits per heavy atom. The molecule has 2 aromatic heterocycles. The van der Waals surface area contributed by atoms with Gasteiger partial charge in [-0.05, 0) is 38.8 Å². The normalized spacial score (nSPS) is 25.7. The molecule has 3 atom stereocenters. The lowest BCUT2D eigenvalue weighted by Gasteiger charge is -2.39. The maximum absolute atomic E-state index is 13.0. The first kappa shape index (κ1) is 16.1. The number of nitrogens with zero attached hydrogens (tertiary/aromatic N) is 2. The van der Waals surface area contributed by atoms with Crippen LogP contribution in [0.4, 0.5) is 0 Å². The minimum atomic E-state index is -0.0972. The van der Waals surface area contributed by atoms with Gasteiger partial charge in [-0.1, -0.05) is 6.07 Å². The van der Waals surface area contributed by atoms with E-state index in [1.807, 2.05) is 43.0 Å². The number of hydrogen-bond acceptors (Lipinski definition) is 4. The molecule has 2 aliphatic rings. The highest BCUT2D eigenvalue weighted by molar-refractivity contribution is 5.96. The SMILES string of the molecule is Cc1cc(C(=O)N2CCO[C@H]3[C@H](Oc4ccccn4)CC[C@@H]32)c(C)[nH]1. The summed E-state index contributed by atoms with van der Waals surface area (Å²) < 4.78 is 12.0. The third-order valence-electron chi connectivity index (χ3n) is 5.09. The standard InChI is InChI=1S/C19H23N3O3/c1-12-11-14(13(2)21-12)19(23)22-9-10-24-18-15(22)6-7-16(18)25-17-5-3-4-8-20-17/h3-5,8,11,15-16,18,21H,6-7,9-10H2,1-2H3/t15-,16+,18+/m0/s1. The molecule has 1 aliphatic heterocycles. The molecule has 132 valence electrons. The summed E-state index contributed by atoms with van der Waals surface area (Å²) in [6.07, 6.45) is 3.30. The van der Waals surface area contributed by atoms with E-state index < -0.39 is 0 Å². The van der Waals surface area contributed by atoms with Gasteiger partial charge in [0.2, 0.25) is 5.88 Å². The number of pyridine rings is 1. The van der Waals surface area contributed by atoms with Crippen molar-refractivity contribution < 1.29 is 14.3 Å². The van der Waals surface area contributed by atoms with Gasteiger partial charge in [-0.25, -0.2) is 4.98 Å². The van der Waals surface area contributed by atoms with Gasteiger partial charge in [0.1, 0.15) is 12.2 Å². The largest absolute Gasteiger partial charge is 0.471 e.